The molecular weight excluding hydrogens is 448 g/mol. The molecule has 2 saturated heterocycles. The summed E-state index contributed by atoms with van der Waals surface area (Å²) in [6, 6.07) is 1.84. The molecule has 7 heteroatoms. The number of epoxide rings is 1. The third-order valence-electron chi connectivity index (χ3n) is 10.8. The SMILES string of the molecule is CC(=O)O[C@@H]1C[C@H]2C(C)(C)C(=O)C=C[C@]2(C)[C@H]2CC[C@@]3(C)[C@@H](c4ccoc4)OC(=O)[C@@H]4O[C@@]43[C@@]21C. The molecule has 2 aliphatic heterocycles. The lowest BCUT2D eigenvalue weighted by atomic mass is 9.35. The van der Waals surface area contributed by atoms with Gasteiger partial charge in [-0.25, -0.2) is 4.79 Å². The van der Waals surface area contributed by atoms with Crippen LogP contribution in [0.4, 0.5) is 0 Å². The Bertz CT molecular complexity index is 1150. The molecule has 7 nitrogen and oxygen atoms in total. The summed E-state index contributed by atoms with van der Waals surface area (Å²) in [7, 11) is 0. The van der Waals surface area contributed by atoms with Crippen molar-refractivity contribution in [1.82, 2.24) is 0 Å². The fourth-order valence-electron chi connectivity index (χ4n) is 9.20. The van der Waals surface area contributed by atoms with E-state index < -0.39 is 40.2 Å². The third-order valence-corrected chi connectivity index (χ3v) is 10.8. The van der Waals surface area contributed by atoms with E-state index in [-0.39, 0.29) is 35.0 Å². The number of cyclic esters (lactones) is 1. The standard InChI is InChI=1S/C28H34O7/c1-15(29)33-20-13-18-24(2,3)19(30)8-10-25(18,4)17-7-11-26(5)21(16-9-12-32-14-16)34-23(31)22-28(26,35-22)27(17,20)6/h8-10,12,14,17-18,20-22H,7,11,13H2,1-6H3/t17-,18+,20-,21-,22+,25-,26+,27+,28+/m1/s1. The number of hydrogen-bond donors (Lipinski definition) is 0. The highest BCUT2D eigenvalue weighted by atomic mass is 16.7. The van der Waals surface area contributed by atoms with Crippen molar-refractivity contribution in [3.8, 4) is 0 Å². The van der Waals surface area contributed by atoms with Crippen LogP contribution in [0.15, 0.2) is 35.2 Å². The van der Waals surface area contributed by atoms with Gasteiger partial charge in [-0.1, -0.05) is 40.7 Å². The van der Waals surface area contributed by atoms with Crippen molar-refractivity contribution in [3.05, 3.63) is 36.3 Å². The van der Waals surface area contributed by atoms with E-state index in [1.165, 1.54) is 6.92 Å². The van der Waals surface area contributed by atoms with Crippen molar-refractivity contribution in [3.63, 3.8) is 0 Å². The van der Waals surface area contributed by atoms with Gasteiger partial charge < -0.3 is 18.6 Å². The summed E-state index contributed by atoms with van der Waals surface area (Å²) in [4.78, 5) is 38.6. The van der Waals surface area contributed by atoms with E-state index in [2.05, 4.69) is 26.8 Å². The van der Waals surface area contributed by atoms with Crippen LogP contribution in [0.3, 0.4) is 0 Å². The van der Waals surface area contributed by atoms with Crippen LogP contribution in [0.2, 0.25) is 0 Å². The van der Waals surface area contributed by atoms with Gasteiger partial charge in [0.1, 0.15) is 17.8 Å². The van der Waals surface area contributed by atoms with Crippen molar-refractivity contribution >= 4 is 17.7 Å². The Morgan fingerprint density at radius 2 is 1.83 bits per heavy atom. The molecule has 4 fully saturated rings. The number of hydrogen-bond acceptors (Lipinski definition) is 7. The molecule has 3 heterocycles. The number of furan rings is 1. The van der Waals surface area contributed by atoms with Gasteiger partial charge in [0.05, 0.1) is 12.5 Å². The second kappa shape index (κ2) is 6.67. The predicted octanol–water partition coefficient (Wildman–Crippen LogP) is 4.56. The maximum Gasteiger partial charge on any atom is 0.339 e. The molecule has 0 amide bonds. The molecule has 9 atom stereocenters. The van der Waals surface area contributed by atoms with Crippen LogP contribution in [-0.2, 0) is 28.6 Å². The van der Waals surface area contributed by atoms with Gasteiger partial charge in [0.15, 0.2) is 11.9 Å². The van der Waals surface area contributed by atoms with Crippen LogP contribution in [0.5, 0.6) is 0 Å². The van der Waals surface area contributed by atoms with Gasteiger partial charge in [0, 0.05) is 28.7 Å². The molecule has 5 aliphatic rings. The first kappa shape index (κ1) is 23.0. The molecule has 6 rings (SSSR count). The Morgan fingerprint density at radius 3 is 2.49 bits per heavy atom. The summed E-state index contributed by atoms with van der Waals surface area (Å²) >= 11 is 0. The molecule has 0 unspecified atom stereocenters. The monoisotopic (exact) mass is 482 g/mol. The van der Waals surface area contributed by atoms with Crippen molar-refractivity contribution in [2.75, 3.05) is 0 Å². The predicted molar refractivity (Wildman–Crippen MR) is 124 cm³/mol. The van der Waals surface area contributed by atoms with Crippen LogP contribution < -0.4 is 0 Å². The summed E-state index contributed by atoms with van der Waals surface area (Å²) in [5, 5.41) is 0. The molecule has 0 radical (unpaired) electrons. The van der Waals surface area contributed by atoms with E-state index >= 15 is 0 Å². The number of carbonyl (C=O) groups excluding carboxylic acids is 3. The molecule has 1 aromatic heterocycles. The van der Waals surface area contributed by atoms with Crippen LogP contribution in [0, 0.1) is 33.5 Å². The Hall–Kier alpha value is -2.41. The Balaban J connectivity index is 1.55. The summed E-state index contributed by atoms with van der Waals surface area (Å²) < 4.78 is 24.0. The highest BCUT2D eigenvalue weighted by Crippen LogP contribution is 2.79. The largest absolute Gasteiger partial charge is 0.472 e. The molecule has 3 aliphatic carbocycles. The molecular formula is C28H34O7. The third kappa shape index (κ3) is 2.48. The van der Waals surface area contributed by atoms with Gasteiger partial charge in [-0.2, -0.15) is 0 Å². The van der Waals surface area contributed by atoms with Crippen LogP contribution in [0.1, 0.15) is 72.5 Å². The minimum Gasteiger partial charge on any atom is -0.472 e. The van der Waals surface area contributed by atoms with Crippen molar-refractivity contribution in [1.29, 1.82) is 0 Å². The minimum absolute atomic E-state index is 0.00639. The first-order chi connectivity index (χ1) is 16.3. The van der Waals surface area contributed by atoms with Gasteiger partial charge in [-0.15, -0.1) is 0 Å². The lowest BCUT2D eigenvalue weighted by Gasteiger charge is -2.68. The Labute approximate surface area is 205 Å². The van der Waals surface area contributed by atoms with Crippen LogP contribution in [-0.4, -0.2) is 35.5 Å². The number of esters is 2. The second-order valence-electron chi connectivity index (χ2n) is 12.6. The fourth-order valence-corrected chi connectivity index (χ4v) is 9.20. The maximum absolute atomic E-state index is 13.2. The fraction of sp³-hybridized carbons (Fsp3) is 0.679. The Morgan fingerprint density at radius 1 is 1.09 bits per heavy atom. The van der Waals surface area contributed by atoms with E-state index in [1.54, 1.807) is 18.6 Å². The molecule has 2 saturated carbocycles. The van der Waals surface area contributed by atoms with Crippen molar-refractivity contribution in [2.24, 2.45) is 33.5 Å². The van der Waals surface area contributed by atoms with Gasteiger partial charge in [0.2, 0.25) is 0 Å². The lowest BCUT2D eigenvalue weighted by molar-refractivity contribution is -0.251. The molecule has 0 N–H and O–H groups in total. The zero-order valence-corrected chi connectivity index (χ0v) is 21.3. The molecule has 1 spiro atoms. The quantitative estimate of drug-likeness (QED) is 0.450. The summed E-state index contributed by atoms with van der Waals surface area (Å²) in [6.07, 6.45) is 7.46. The zero-order valence-electron chi connectivity index (χ0n) is 21.3. The number of ketones is 1. The van der Waals surface area contributed by atoms with E-state index in [0.29, 0.717) is 6.42 Å². The maximum atomic E-state index is 13.2. The number of carbonyl (C=O) groups is 3. The van der Waals surface area contributed by atoms with E-state index in [0.717, 1.165) is 18.4 Å². The van der Waals surface area contributed by atoms with E-state index in [9.17, 15) is 14.4 Å². The van der Waals surface area contributed by atoms with Gasteiger partial charge in [-0.05, 0) is 48.7 Å². The van der Waals surface area contributed by atoms with Crippen LogP contribution in [0.25, 0.3) is 0 Å². The summed E-state index contributed by atoms with van der Waals surface area (Å²) in [6.45, 7) is 12.0. The smallest absolute Gasteiger partial charge is 0.339 e. The molecule has 188 valence electrons. The van der Waals surface area contributed by atoms with Crippen molar-refractivity contribution < 1.29 is 33.0 Å². The number of ether oxygens (including phenoxy) is 3. The Kier molecular flexibility index (Phi) is 4.38. The van der Waals surface area contributed by atoms with Gasteiger partial charge >= 0.3 is 11.9 Å². The molecule has 1 aromatic rings. The summed E-state index contributed by atoms with van der Waals surface area (Å²) in [5.74, 6) is -0.603. The number of rotatable bonds is 2. The van der Waals surface area contributed by atoms with E-state index in [1.807, 2.05) is 19.9 Å². The highest BCUT2D eigenvalue weighted by molar-refractivity contribution is 5.95. The first-order valence-corrected chi connectivity index (χ1v) is 12.7. The first-order valence-electron chi connectivity index (χ1n) is 12.7. The second-order valence-corrected chi connectivity index (χ2v) is 12.6. The normalized spacial score (nSPS) is 49.1. The van der Waals surface area contributed by atoms with E-state index in [4.69, 9.17) is 18.6 Å². The number of allylic oxidation sites excluding steroid dienone is 2. The molecule has 0 bridgehead atoms. The van der Waals surface area contributed by atoms with Crippen molar-refractivity contribution in [2.45, 2.75) is 84.7 Å². The van der Waals surface area contributed by atoms with Gasteiger partial charge in [0.25, 0.3) is 0 Å². The average molecular weight is 483 g/mol. The highest BCUT2D eigenvalue weighted by Gasteiger charge is 2.88. The molecule has 35 heavy (non-hydrogen) atoms. The average Bonchev–Trinajstić information content (AvgIpc) is 3.35. The minimum atomic E-state index is -0.853. The van der Waals surface area contributed by atoms with Gasteiger partial charge in [-0.3, -0.25) is 9.59 Å². The lowest BCUT2D eigenvalue weighted by Crippen LogP contribution is -2.72. The number of fused-ring (bicyclic) bond motifs is 3. The zero-order chi connectivity index (χ0) is 25.2. The molecule has 0 aromatic carbocycles. The van der Waals surface area contributed by atoms with Crippen LogP contribution >= 0.6 is 0 Å². The topological polar surface area (TPSA) is 95.3 Å². The summed E-state index contributed by atoms with van der Waals surface area (Å²) in [5.41, 5.74) is -2.15.